The predicted molar refractivity (Wildman–Crippen MR) is 80.9 cm³/mol. The highest BCUT2D eigenvalue weighted by molar-refractivity contribution is 7.54. The van der Waals surface area contributed by atoms with Crippen LogP contribution in [0.2, 0.25) is 0 Å². The summed E-state index contributed by atoms with van der Waals surface area (Å²) in [4.78, 5) is 11.1. The molecule has 112 valence electrons. The van der Waals surface area contributed by atoms with Crippen molar-refractivity contribution in [3.8, 4) is 0 Å². The number of benzene rings is 1. The molecule has 1 unspecified atom stereocenters. The molecule has 1 aromatic heterocycles. The summed E-state index contributed by atoms with van der Waals surface area (Å²) >= 11 is 1.43. The summed E-state index contributed by atoms with van der Waals surface area (Å²) in [5.74, 6) is 0. The first-order valence-corrected chi connectivity index (χ1v) is 8.50. The second-order valence-electron chi connectivity index (χ2n) is 4.17. The minimum atomic E-state index is -3.40. The van der Waals surface area contributed by atoms with Crippen LogP contribution >= 0.6 is 18.9 Å². The predicted octanol–water partition coefficient (Wildman–Crippen LogP) is 4.23. The number of hydrogen-bond donors (Lipinski definition) is 0. The van der Waals surface area contributed by atoms with E-state index in [-0.39, 0.29) is 5.69 Å². The van der Waals surface area contributed by atoms with Gasteiger partial charge in [0.15, 0.2) is 0 Å². The van der Waals surface area contributed by atoms with E-state index in [0.29, 0.717) is 5.56 Å². The van der Waals surface area contributed by atoms with Gasteiger partial charge in [-0.1, -0.05) is 18.2 Å². The maximum absolute atomic E-state index is 12.8. The van der Waals surface area contributed by atoms with E-state index in [4.69, 9.17) is 9.05 Å². The summed E-state index contributed by atoms with van der Waals surface area (Å²) in [6, 6.07) is 9.59. The van der Waals surface area contributed by atoms with Crippen LogP contribution in [0.1, 0.15) is 16.1 Å². The minimum Gasteiger partial charge on any atom is -0.311 e. The fraction of sp³-hybridized carbons (Fsp3) is 0.231. The number of rotatable bonds is 6. The monoisotopic (exact) mass is 327 g/mol. The maximum Gasteiger partial charge on any atom is 0.342 e. The summed E-state index contributed by atoms with van der Waals surface area (Å²) in [5.41, 5.74) is 0.0248. The van der Waals surface area contributed by atoms with Crippen molar-refractivity contribution in [2.24, 2.45) is 0 Å². The topological polar surface area (TPSA) is 78.7 Å². The molecule has 1 aromatic carbocycles. The molecule has 0 N–H and O–H groups in total. The number of hydrogen-bond acceptors (Lipinski definition) is 6. The molecule has 0 saturated heterocycles. The number of nitrogens with zero attached hydrogens (tertiary/aromatic N) is 1. The molecule has 0 amide bonds. The third kappa shape index (κ3) is 3.22. The SMILES string of the molecule is COP(=O)(OC)C(c1ccc([N+](=O)[O-])cc1)c1cccs1. The van der Waals surface area contributed by atoms with Gasteiger partial charge in [0.1, 0.15) is 5.66 Å². The van der Waals surface area contributed by atoms with Gasteiger partial charge in [-0.25, -0.2) is 0 Å². The van der Waals surface area contributed by atoms with Crippen LogP contribution in [0.4, 0.5) is 5.69 Å². The second kappa shape index (κ2) is 6.49. The molecular formula is C13H14NO5PS. The van der Waals surface area contributed by atoms with E-state index in [0.717, 1.165) is 4.88 Å². The van der Waals surface area contributed by atoms with Crippen molar-refractivity contribution in [1.29, 1.82) is 0 Å². The molecule has 0 fully saturated rings. The quantitative estimate of drug-likeness (QED) is 0.450. The third-order valence-corrected chi connectivity index (χ3v) is 6.40. The smallest absolute Gasteiger partial charge is 0.311 e. The van der Waals surface area contributed by atoms with Crippen LogP contribution in [0.3, 0.4) is 0 Å². The van der Waals surface area contributed by atoms with Crippen molar-refractivity contribution in [3.63, 3.8) is 0 Å². The zero-order chi connectivity index (χ0) is 15.5. The first-order chi connectivity index (χ1) is 10.0. The Morgan fingerprint density at radius 1 is 1.19 bits per heavy atom. The lowest BCUT2D eigenvalue weighted by Crippen LogP contribution is -2.04. The molecule has 0 saturated carbocycles. The molecule has 0 spiro atoms. The summed E-state index contributed by atoms with van der Waals surface area (Å²) < 4.78 is 23.0. The zero-order valence-electron chi connectivity index (χ0n) is 11.5. The first kappa shape index (κ1) is 15.9. The van der Waals surface area contributed by atoms with Gasteiger partial charge in [-0.15, -0.1) is 11.3 Å². The molecule has 8 heteroatoms. The molecule has 0 bridgehead atoms. The van der Waals surface area contributed by atoms with Crippen LogP contribution in [0.15, 0.2) is 41.8 Å². The summed E-state index contributed by atoms with van der Waals surface area (Å²) in [7, 11) is -0.741. The van der Waals surface area contributed by atoms with Gasteiger partial charge in [0, 0.05) is 31.2 Å². The van der Waals surface area contributed by atoms with Crippen LogP contribution in [-0.2, 0) is 13.6 Å². The third-order valence-electron chi connectivity index (χ3n) is 3.06. The molecule has 2 rings (SSSR count). The second-order valence-corrected chi connectivity index (χ2v) is 7.48. The van der Waals surface area contributed by atoms with E-state index >= 15 is 0 Å². The summed E-state index contributed by atoms with van der Waals surface area (Å²) in [6.45, 7) is 0. The molecule has 21 heavy (non-hydrogen) atoms. The van der Waals surface area contributed by atoms with Crippen molar-refractivity contribution in [1.82, 2.24) is 0 Å². The van der Waals surface area contributed by atoms with Gasteiger partial charge >= 0.3 is 7.60 Å². The molecule has 1 atom stereocenters. The summed E-state index contributed by atoms with van der Waals surface area (Å²) in [5, 5.41) is 12.6. The highest BCUT2D eigenvalue weighted by Crippen LogP contribution is 2.63. The Morgan fingerprint density at radius 2 is 1.81 bits per heavy atom. The van der Waals surface area contributed by atoms with Crippen molar-refractivity contribution in [3.05, 3.63) is 62.3 Å². The Kier molecular flexibility index (Phi) is 4.90. The average molecular weight is 327 g/mol. The number of thiophene rings is 1. The summed E-state index contributed by atoms with van der Waals surface area (Å²) in [6.07, 6.45) is 0. The van der Waals surface area contributed by atoms with Gasteiger partial charge in [0.05, 0.1) is 4.92 Å². The van der Waals surface area contributed by atoms with E-state index in [1.165, 1.54) is 37.7 Å². The van der Waals surface area contributed by atoms with Crippen LogP contribution in [-0.4, -0.2) is 19.1 Å². The van der Waals surface area contributed by atoms with Gasteiger partial charge in [-0.2, -0.15) is 0 Å². The largest absolute Gasteiger partial charge is 0.342 e. The maximum atomic E-state index is 12.8. The molecule has 6 nitrogen and oxygen atoms in total. The molecule has 0 radical (unpaired) electrons. The Hall–Kier alpha value is -1.53. The number of nitro groups is 1. The zero-order valence-corrected chi connectivity index (χ0v) is 13.2. The van der Waals surface area contributed by atoms with Crippen molar-refractivity contribution in [2.45, 2.75) is 5.66 Å². The lowest BCUT2D eigenvalue weighted by atomic mass is 10.1. The van der Waals surface area contributed by atoms with Gasteiger partial charge in [-0.3, -0.25) is 14.7 Å². The van der Waals surface area contributed by atoms with E-state index in [1.54, 1.807) is 12.1 Å². The molecule has 1 heterocycles. The minimum absolute atomic E-state index is 0.0201. The standard InChI is InChI=1S/C13H14NO5PS/c1-18-20(17,19-2)13(12-4-3-9-21-12)10-5-7-11(8-6-10)14(15)16/h3-9,13H,1-2H3. The van der Waals surface area contributed by atoms with E-state index < -0.39 is 18.2 Å². The molecule has 2 aromatic rings. The highest BCUT2D eigenvalue weighted by atomic mass is 32.1. The van der Waals surface area contributed by atoms with Crippen LogP contribution in [0.5, 0.6) is 0 Å². The van der Waals surface area contributed by atoms with E-state index in [2.05, 4.69) is 0 Å². The van der Waals surface area contributed by atoms with E-state index in [1.807, 2.05) is 17.5 Å². The van der Waals surface area contributed by atoms with Crippen molar-refractivity contribution < 1.29 is 18.5 Å². The first-order valence-electron chi connectivity index (χ1n) is 6.01. The van der Waals surface area contributed by atoms with Crippen LogP contribution < -0.4 is 0 Å². The fourth-order valence-electron chi connectivity index (χ4n) is 2.01. The highest BCUT2D eigenvalue weighted by Gasteiger charge is 2.37. The normalized spacial score (nSPS) is 13.0. The van der Waals surface area contributed by atoms with Crippen LogP contribution in [0.25, 0.3) is 0 Å². The fourth-order valence-corrected chi connectivity index (χ4v) is 4.83. The number of nitro benzene ring substituents is 1. The van der Waals surface area contributed by atoms with Crippen molar-refractivity contribution in [2.75, 3.05) is 14.2 Å². The Labute approximate surface area is 126 Å². The van der Waals surface area contributed by atoms with Gasteiger partial charge < -0.3 is 9.05 Å². The van der Waals surface area contributed by atoms with Gasteiger partial charge in [0.2, 0.25) is 0 Å². The lowest BCUT2D eigenvalue weighted by Gasteiger charge is -2.23. The van der Waals surface area contributed by atoms with E-state index in [9.17, 15) is 14.7 Å². The lowest BCUT2D eigenvalue weighted by molar-refractivity contribution is -0.384. The molecular weight excluding hydrogens is 313 g/mol. The molecule has 0 aliphatic carbocycles. The van der Waals surface area contributed by atoms with Crippen molar-refractivity contribution >= 4 is 24.6 Å². The Bertz CT molecular complexity index is 648. The Balaban J connectivity index is 2.50. The Morgan fingerprint density at radius 3 is 2.24 bits per heavy atom. The molecule has 0 aliphatic rings. The van der Waals surface area contributed by atoms with Gasteiger partial charge in [0.25, 0.3) is 5.69 Å². The molecule has 0 aliphatic heterocycles. The number of non-ortho nitro benzene ring substituents is 1. The van der Waals surface area contributed by atoms with Gasteiger partial charge in [-0.05, 0) is 17.0 Å². The average Bonchev–Trinajstić information content (AvgIpc) is 3.01. The van der Waals surface area contributed by atoms with Crippen LogP contribution in [0, 0.1) is 10.1 Å².